The number of benzene rings is 1. The molecule has 0 aliphatic rings. The predicted octanol–water partition coefficient (Wildman–Crippen LogP) is 3.29. The Labute approximate surface area is 131 Å². The first-order valence-corrected chi connectivity index (χ1v) is 6.88. The molecule has 0 bridgehead atoms. The highest BCUT2D eigenvalue weighted by molar-refractivity contribution is 5.64. The van der Waals surface area contributed by atoms with Crippen LogP contribution in [0.1, 0.15) is 37.3 Å². The van der Waals surface area contributed by atoms with Crippen molar-refractivity contribution >= 4 is 6.08 Å². The molecule has 2 N–H and O–H groups in total. The van der Waals surface area contributed by atoms with E-state index in [9.17, 15) is 10.2 Å². The smallest absolute Gasteiger partial charge is 0.132 e. The molecule has 1 rings (SSSR count). The lowest BCUT2D eigenvalue weighted by atomic mass is 10.1. The number of hydrogen-bond donors (Lipinski definition) is 2. The van der Waals surface area contributed by atoms with E-state index >= 15 is 0 Å². The third-order valence-electron chi connectivity index (χ3n) is 2.69. The van der Waals surface area contributed by atoms with Crippen LogP contribution in [0.4, 0.5) is 0 Å². The summed E-state index contributed by atoms with van der Waals surface area (Å²) < 4.78 is 0. The number of allylic oxidation sites excluding steroid dienone is 1. The van der Waals surface area contributed by atoms with Crippen molar-refractivity contribution in [3.8, 4) is 59.4 Å². The van der Waals surface area contributed by atoms with Crippen LogP contribution in [0.2, 0.25) is 0 Å². The lowest BCUT2D eigenvalue weighted by Crippen LogP contribution is -1.81. The fourth-order valence-corrected chi connectivity index (χ4v) is 1.59. The van der Waals surface area contributed by atoms with Crippen LogP contribution in [0.25, 0.3) is 6.08 Å². The number of phenolic OH excluding ortho intramolecular Hbond substituents is 2. The minimum Gasteiger partial charge on any atom is -0.507 e. The fraction of sp³-hybridized carbons (Fsp3) is 0.200. The molecule has 0 spiro atoms. The molecule has 0 aromatic heterocycles. The second kappa shape index (κ2) is 9.66. The average Bonchev–Trinajstić information content (AvgIpc) is 2.51. The van der Waals surface area contributed by atoms with Crippen molar-refractivity contribution in [2.75, 3.05) is 0 Å². The van der Waals surface area contributed by atoms with E-state index in [0.717, 1.165) is 19.3 Å². The van der Waals surface area contributed by atoms with E-state index < -0.39 is 0 Å². The minimum absolute atomic E-state index is 0.00282. The summed E-state index contributed by atoms with van der Waals surface area (Å²) in [5.74, 6) is 17.1. The molecule has 0 fully saturated rings. The van der Waals surface area contributed by atoms with Gasteiger partial charge in [0.05, 0.1) is 5.56 Å². The Balaban J connectivity index is 2.90. The first-order chi connectivity index (χ1) is 10.7. The van der Waals surface area contributed by atoms with Gasteiger partial charge in [-0.25, -0.2) is 0 Å². The average molecular weight is 288 g/mol. The zero-order valence-corrected chi connectivity index (χ0v) is 12.4. The Morgan fingerprint density at radius 2 is 1.77 bits per heavy atom. The second-order valence-corrected chi connectivity index (χ2v) is 4.37. The van der Waals surface area contributed by atoms with Crippen molar-refractivity contribution in [3.05, 3.63) is 29.3 Å². The Morgan fingerprint density at radius 3 is 2.50 bits per heavy atom. The molecule has 0 unspecified atom stereocenters. The summed E-state index contributed by atoms with van der Waals surface area (Å²) in [5, 5.41) is 19.8. The van der Waals surface area contributed by atoms with Crippen molar-refractivity contribution < 1.29 is 10.2 Å². The van der Waals surface area contributed by atoms with Gasteiger partial charge in [0.15, 0.2) is 0 Å². The number of hydrogen-bond acceptors (Lipinski definition) is 2. The van der Waals surface area contributed by atoms with E-state index in [1.165, 1.54) is 12.1 Å². The third-order valence-corrected chi connectivity index (χ3v) is 2.69. The van der Waals surface area contributed by atoms with E-state index in [-0.39, 0.29) is 11.5 Å². The topological polar surface area (TPSA) is 40.5 Å². The maximum Gasteiger partial charge on any atom is 0.132 e. The fourth-order valence-electron chi connectivity index (χ4n) is 1.59. The minimum atomic E-state index is -0.00282. The van der Waals surface area contributed by atoms with Crippen LogP contribution in [0, 0.1) is 47.9 Å². The van der Waals surface area contributed by atoms with E-state index in [1.54, 1.807) is 6.08 Å². The Hall–Kier alpha value is -3.20. The molecule has 1 aromatic carbocycles. The highest BCUT2D eigenvalue weighted by Gasteiger charge is 2.04. The number of phenols is 2. The molecule has 0 aliphatic carbocycles. The molecule has 0 saturated heterocycles. The summed E-state index contributed by atoms with van der Waals surface area (Å²) in [6.07, 6.45) is 11.8. The largest absolute Gasteiger partial charge is 0.507 e. The zero-order valence-electron chi connectivity index (χ0n) is 12.4. The maximum absolute atomic E-state index is 9.93. The van der Waals surface area contributed by atoms with Crippen LogP contribution < -0.4 is 0 Å². The lowest BCUT2D eigenvalue weighted by molar-refractivity contribution is 0.458. The van der Waals surface area contributed by atoms with Crippen molar-refractivity contribution in [1.82, 2.24) is 0 Å². The van der Waals surface area contributed by atoms with Crippen LogP contribution in [0.3, 0.4) is 0 Å². The second-order valence-electron chi connectivity index (χ2n) is 4.37. The van der Waals surface area contributed by atoms with Gasteiger partial charge in [-0.3, -0.25) is 0 Å². The van der Waals surface area contributed by atoms with Gasteiger partial charge >= 0.3 is 0 Å². The number of terminal acetylenes is 1. The quantitative estimate of drug-likeness (QED) is 0.507. The van der Waals surface area contributed by atoms with Crippen LogP contribution in [-0.4, -0.2) is 10.2 Å². The summed E-state index contributed by atoms with van der Waals surface area (Å²) in [6, 6.07) is 2.89. The highest BCUT2D eigenvalue weighted by Crippen LogP contribution is 2.27. The first kappa shape index (κ1) is 16.9. The molecule has 1 aromatic rings. The number of rotatable bonds is 4. The molecule has 0 aliphatic heterocycles. The van der Waals surface area contributed by atoms with Gasteiger partial charge in [-0.1, -0.05) is 31.9 Å². The maximum atomic E-state index is 9.93. The monoisotopic (exact) mass is 288 g/mol. The number of aromatic hydroxyl groups is 2. The highest BCUT2D eigenvalue weighted by atomic mass is 16.3. The predicted molar refractivity (Wildman–Crippen MR) is 89.6 cm³/mol. The Bertz CT molecular complexity index is 773. The molecule has 0 saturated carbocycles. The Kier molecular flexibility index (Phi) is 7.40. The molecule has 22 heavy (non-hydrogen) atoms. The molecular formula is C20H16O2. The number of unbranched alkanes of at least 4 members (excludes halogenated alkanes) is 2. The van der Waals surface area contributed by atoms with Crippen LogP contribution in [0.5, 0.6) is 11.5 Å². The summed E-state index contributed by atoms with van der Waals surface area (Å²) in [6.45, 7) is 2.12. The summed E-state index contributed by atoms with van der Waals surface area (Å²) >= 11 is 0. The summed E-state index contributed by atoms with van der Waals surface area (Å²) in [4.78, 5) is 0. The molecule has 0 radical (unpaired) electrons. The lowest BCUT2D eigenvalue weighted by Gasteiger charge is -2.03. The van der Waals surface area contributed by atoms with Gasteiger partial charge in [0.2, 0.25) is 0 Å². The van der Waals surface area contributed by atoms with Gasteiger partial charge in [-0.05, 0) is 60.0 Å². The SMILES string of the molecule is C#CC#CC#CC#Cc1cc(O)c(/C=C/CCCC)cc1O. The first-order valence-electron chi connectivity index (χ1n) is 6.88. The summed E-state index contributed by atoms with van der Waals surface area (Å²) in [5.41, 5.74) is 0.868. The van der Waals surface area contributed by atoms with Gasteiger partial charge in [-0.15, -0.1) is 6.42 Å². The van der Waals surface area contributed by atoms with Crippen LogP contribution in [0.15, 0.2) is 18.2 Å². The molecule has 0 heterocycles. The molecule has 0 atom stereocenters. The standard InChI is InChI=1S/C20H16O2/c1-3-5-7-9-10-12-14-18-16-19(21)17(15-20(18)22)13-11-8-6-4-2/h1,11,13,15-16,21-22H,4,6,8H2,2H3/b13-11+. The van der Waals surface area contributed by atoms with E-state index in [4.69, 9.17) is 6.42 Å². The van der Waals surface area contributed by atoms with Crippen molar-refractivity contribution in [2.45, 2.75) is 26.2 Å². The molecule has 0 amide bonds. The Morgan fingerprint density at radius 1 is 1.05 bits per heavy atom. The van der Waals surface area contributed by atoms with Crippen LogP contribution in [-0.2, 0) is 0 Å². The van der Waals surface area contributed by atoms with E-state index in [0.29, 0.717) is 11.1 Å². The van der Waals surface area contributed by atoms with Crippen LogP contribution >= 0.6 is 0 Å². The van der Waals surface area contributed by atoms with Crippen molar-refractivity contribution in [2.24, 2.45) is 0 Å². The van der Waals surface area contributed by atoms with Gasteiger partial charge in [0, 0.05) is 5.56 Å². The van der Waals surface area contributed by atoms with E-state index in [2.05, 4.69) is 48.4 Å². The molecule has 2 heteroatoms. The van der Waals surface area contributed by atoms with Gasteiger partial charge in [0.1, 0.15) is 11.5 Å². The van der Waals surface area contributed by atoms with Gasteiger partial charge in [0.25, 0.3) is 0 Å². The molecule has 108 valence electrons. The molecular weight excluding hydrogens is 272 g/mol. The normalized spacial score (nSPS) is 8.73. The molecule has 2 nitrogen and oxygen atoms in total. The van der Waals surface area contributed by atoms with Gasteiger partial charge in [-0.2, -0.15) is 0 Å². The van der Waals surface area contributed by atoms with E-state index in [1.807, 2.05) is 6.08 Å². The van der Waals surface area contributed by atoms with Gasteiger partial charge < -0.3 is 10.2 Å². The third kappa shape index (κ3) is 5.84. The van der Waals surface area contributed by atoms with Crippen molar-refractivity contribution in [3.63, 3.8) is 0 Å². The summed E-state index contributed by atoms with van der Waals surface area (Å²) in [7, 11) is 0. The van der Waals surface area contributed by atoms with Crippen molar-refractivity contribution in [1.29, 1.82) is 0 Å². The zero-order chi connectivity index (χ0) is 16.2.